The summed E-state index contributed by atoms with van der Waals surface area (Å²) in [6.45, 7) is 9.94. The van der Waals surface area contributed by atoms with Gasteiger partial charge in [0.05, 0.1) is 12.2 Å². The van der Waals surface area contributed by atoms with Crippen LogP contribution < -0.4 is 0 Å². The lowest BCUT2D eigenvalue weighted by atomic mass is 9.44. The SMILES string of the molecule is C[C@@H](CO)CCC[C@@H](C)[C@H]1C[C@H](O)[C@H]2[C@@H]3CC[C@H]4C[C@H](O)CC[C@]4(C)[C@H]3CC[C@@]21C. The van der Waals surface area contributed by atoms with E-state index in [0.29, 0.717) is 52.9 Å². The highest BCUT2D eigenvalue weighted by molar-refractivity contribution is 5.12. The first-order valence-corrected chi connectivity index (χ1v) is 13.2. The molecule has 0 aromatic heterocycles. The van der Waals surface area contributed by atoms with Gasteiger partial charge in [-0.2, -0.15) is 0 Å². The lowest BCUT2D eigenvalue weighted by molar-refractivity contribution is -0.142. The van der Waals surface area contributed by atoms with Crippen molar-refractivity contribution in [1.29, 1.82) is 0 Å². The highest BCUT2D eigenvalue weighted by Crippen LogP contribution is 2.68. The van der Waals surface area contributed by atoms with Crippen LogP contribution in [0.25, 0.3) is 0 Å². The van der Waals surface area contributed by atoms with E-state index in [1.807, 2.05) is 0 Å². The van der Waals surface area contributed by atoms with Crippen LogP contribution in [-0.4, -0.2) is 34.1 Å². The van der Waals surface area contributed by atoms with Crippen LogP contribution >= 0.6 is 0 Å². The molecule has 4 aliphatic carbocycles. The third-order valence-corrected chi connectivity index (χ3v) is 11.0. The van der Waals surface area contributed by atoms with Crippen molar-refractivity contribution < 1.29 is 15.3 Å². The van der Waals surface area contributed by atoms with E-state index in [-0.39, 0.29) is 12.2 Å². The quantitative estimate of drug-likeness (QED) is 0.538. The Morgan fingerprint density at radius 2 is 1.63 bits per heavy atom. The molecule has 4 rings (SSSR count). The summed E-state index contributed by atoms with van der Waals surface area (Å²) in [6.07, 6.45) is 12.7. The predicted molar refractivity (Wildman–Crippen MR) is 122 cm³/mol. The van der Waals surface area contributed by atoms with Gasteiger partial charge in [0, 0.05) is 6.61 Å². The van der Waals surface area contributed by atoms with Gasteiger partial charge in [-0.1, -0.05) is 40.5 Å². The molecule has 0 aromatic rings. The number of aliphatic hydroxyl groups is 3. The van der Waals surface area contributed by atoms with Crippen molar-refractivity contribution in [2.75, 3.05) is 6.61 Å². The zero-order chi connectivity index (χ0) is 21.7. The average Bonchev–Trinajstić information content (AvgIpc) is 2.99. The summed E-state index contributed by atoms with van der Waals surface area (Å²) in [4.78, 5) is 0. The molecule has 4 saturated carbocycles. The minimum atomic E-state index is -0.124. The molecule has 0 bridgehead atoms. The Bertz CT molecular complexity index is 593. The second-order valence-corrected chi connectivity index (χ2v) is 12.7. The van der Waals surface area contributed by atoms with Gasteiger partial charge in [-0.05, 0) is 110 Å². The number of rotatable bonds is 6. The molecule has 0 heterocycles. The maximum Gasteiger partial charge on any atom is 0.0579 e. The predicted octanol–water partition coefficient (Wildman–Crippen LogP) is 5.41. The van der Waals surface area contributed by atoms with Crippen LogP contribution in [-0.2, 0) is 0 Å². The Kier molecular flexibility index (Phi) is 6.66. The van der Waals surface area contributed by atoms with E-state index in [2.05, 4.69) is 27.7 Å². The summed E-state index contributed by atoms with van der Waals surface area (Å²) in [7, 11) is 0. The Morgan fingerprint density at radius 1 is 0.900 bits per heavy atom. The van der Waals surface area contributed by atoms with E-state index in [0.717, 1.165) is 31.6 Å². The molecule has 0 aromatic carbocycles. The molecular formula is C27H48O3. The Morgan fingerprint density at radius 3 is 2.37 bits per heavy atom. The average molecular weight is 421 g/mol. The van der Waals surface area contributed by atoms with Crippen molar-refractivity contribution in [3.8, 4) is 0 Å². The molecule has 0 spiro atoms. The van der Waals surface area contributed by atoms with Gasteiger partial charge in [0.15, 0.2) is 0 Å². The molecule has 0 amide bonds. The van der Waals surface area contributed by atoms with Crippen LogP contribution in [0.1, 0.15) is 98.3 Å². The first kappa shape index (κ1) is 23.1. The first-order valence-electron chi connectivity index (χ1n) is 13.2. The Labute approximate surface area is 185 Å². The van der Waals surface area contributed by atoms with Crippen molar-refractivity contribution in [1.82, 2.24) is 0 Å². The molecule has 11 atom stereocenters. The van der Waals surface area contributed by atoms with E-state index in [1.165, 1.54) is 44.9 Å². The summed E-state index contributed by atoms with van der Waals surface area (Å²) >= 11 is 0. The minimum Gasteiger partial charge on any atom is -0.396 e. The molecule has 3 N–H and O–H groups in total. The zero-order valence-electron chi connectivity index (χ0n) is 20.0. The Hall–Kier alpha value is -0.120. The van der Waals surface area contributed by atoms with Crippen LogP contribution in [0.3, 0.4) is 0 Å². The van der Waals surface area contributed by atoms with Gasteiger partial charge < -0.3 is 15.3 Å². The van der Waals surface area contributed by atoms with Crippen molar-refractivity contribution in [3.63, 3.8) is 0 Å². The van der Waals surface area contributed by atoms with E-state index in [9.17, 15) is 15.3 Å². The minimum absolute atomic E-state index is 0.0793. The normalized spacial score (nSPS) is 50.3. The molecule has 4 fully saturated rings. The summed E-state index contributed by atoms with van der Waals surface area (Å²) in [6, 6.07) is 0. The molecule has 0 unspecified atom stereocenters. The Balaban J connectivity index is 1.48. The van der Waals surface area contributed by atoms with E-state index in [4.69, 9.17) is 0 Å². The third kappa shape index (κ3) is 3.79. The maximum atomic E-state index is 11.3. The second kappa shape index (κ2) is 8.67. The molecule has 4 aliphatic rings. The van der Waals surface area contributed by atoms with Crippen LogP contribution in [0.4, 0.5) is 0 Å². The first-order chi connectivity index (χ1) is 14.2. The van der Waals surface area contributed by atoms with Crippen LogP contribution in [0.15, 0.2) is 0 Å². The van der Waals surface area contributed by atoms with E-state index >= 15 is 0 Å². The highest BCUT2D eigenvalue weighted by Gasteiger charge is 2.63. The molecule has 30 heavy (non-hydrogen) atoms. The van der Waals surface area contributed by atoms with Crippen molar-refractivity contribution >= 4 is 0 Å². The number of hydrogen-bond donors (Lipinski definition) is 3. The fraction of sp³-hybridized carbons (Fsp3) is 1.00. The van der Waals surface area contributed by atoms with Crippen LogP contribution in [0, 0.1) is 52.3 Å². The molecule has 0 aliphatic heterocycles. The molecule has 3 heteroatoms. The highest BCUT2D eigenvalue weighted by atomic mass is 16.3. The largest absolute Gasteiger partial charge is 0.396 e. The van der Waals surface area contributed by atoms with Gasteiger partial charge in [0.2, 0.25) is 0 Å². The molecule has 3 nitrogen and oxygen atoms in total. The fourth-order valence-corrected chi connectivity index (χ4v) is 9.31. The summed E-state index contributed by atoms with van der Waals surface area (Å²) in [5.41, 5.74) is 0.674. The smallest absolute Gasteiger partial charge is 0.0579 e. The molecule has 174 valence electrons. The summed E-state index contributed by atoms with van der Waals surface area (Å²) in [5.74, 6) is 4.31. The lowest BCUT2D eigenvalue weighted by Gasteiger charge is -2.61. The number of hydrogen-bond acceptors (Lipinski definition) is 3. The lowest BCUT2D eigenvalue weighted by Crippen LogP contribution is -2.55. The van der Waals surface area contributed by atoms with Crippen molar-refractivity contribution in [2.24, 2.45) is 52.3 Å². The van der Waals surface area contributed by atoms with Gasteiger partial charge in [0.25, 0.3) is 0 Å². The standard InChI is InChI=1S/C27H48O3/c1-17(16-28)6-5-7-18(2)23-15-24(30)25-21-9-8-19-14-20(29)10-12-26(19,3)22(21)11-13-27(23,25)4/h17-25,28-30H,5-16H2,1-4H3/t17-,18-,19+,20-,21-,22+,23-,24+,25-,26+,27-/m1/s1. The molecule has 0 saturated heterocycles. The van der Waals surface area contributed by atoms with Gasteiger partial charge in [-0.3, -0.25) is 0 Å². The van der Waals surface area contributed by atoms with Gasteiger partial charge >= 0.3 is 0 Å². The van der Waals surface area contributed by atoms with Gasteiger partial charge in [-0.25, -0.2) is 0 Å². The number of fused-ring (bicyclic) bond motifs is 5. The van der Waals surface area contributed by atoms with Crippen molar-refractivity contribution in [2.45, 2.75) is 111 Å². The second-order valence-electron chi connectivity index (χ2n) is 12.7. The van der Waals surface area contributed by atoms with Crippen LogP contribution in [0.5, 0.6) is 0 Å². The van der Waals surface area contributed by atoms with E-state index in [1.54, 1.807) is 0 Å². The van der Waals surface area contributed by atoms with Gasteiger partial charge in [-0.15, -0.1) is 0 Å². The molecule has 0 radical (unpaired) electrons. The van der Waals surface area contributed by atoms with E-state index < -0.39 is 0 Å². The monoisotopic (exact) mass is 420 g/mol. The maximum absolute atomic E-state index is 11.3. The summed E-state index contributed by atoms with van der Waals surface area (Å²) < 4.78 is 0. The summed E-state index contributed by atoms with van der Waals surface area (Å²) in [5, 5.41) is 30.9. The number of aliphatic hydroxyl groups excluding tert-OH is 3. The zero-order valence-corrected chi connectivity index (χ0v) is 20.0. The fourth-order valence-electron chi connectivity index (χ4n) is 9.31. The molecular weight excluding hydrogens is 372 g/mol. The van der Waals surface area contributed by atoms with Crippen molar-refractivity contribution in [3.05, 3.63) is 0 Å². The van der Waals surface area contributed by atoms with Gasteiger partial charge in [0.1, 0.15) is 0 Å². The topological polar surface area (TPSA) is 60.7 Å². The third-order valence-electron chi connectivity index (χ3n) is 11.0. The van der Waals surface area contributed by atoms with Crippen LogP contribution in [0.2, 0.25) is 0 Å².